The first-order valence-electron chi connectivity index (χ1n) is 7.96. The Balaban J connectivity index is 1.67. The standard InChI is InChI=1S/C17H24N2O2/c1-14-3-2-8-19(13-14)17(20)15-4-6-16(7-5-15)18-9-11-21-12-10-18/h4-7,14H,2-3,8-13H2,1H3. The number of carbonyl (C=O) groups excluding carboxylic acids is 1. The van der Waals surface area contributed by atoms with Crippen molar-refractivity contribution in [3.05, 3.63) is 29.8 Å². The summed E-state index contributed by atoms with van der Waals surface area (Å²) in [7, 11) is 0. The summed E-state index contributed by atoms with van der Waals surface area (Å²) in [5.74, 6) is 0.797. The van der Waals surface area contributed by atoms with Crippen LogP contribution in [0.5, 0.6) is 0 Å². The minimum atomic E-state index is 0.176. The van der Waals surface area contributed by atoms with Crippen molar-refractivity contribution in [3.8, 4) is 0 Å². The second-order valence-corrected chi connectivity index (χ2v) is 6.14. The van der Waals surface area contributed by atoms with Crippen LogP contribution in [0.3, 0.4) is 0 Å². The zero-order chi connectivity index (χ0) is 14.7. The van der Waals surface area contributed by atoms with Crippen molar-refractivity contribution in [1.29, 1.82) is 0 Å². The summed E-state index contributed by atoms with van der Waals surface area (Å²) >= 11 is 0. The predicted octanol–water partition coefficient (Wildman–Crippen LogP) is 2.40. The molecule has 1 aromatic rings. The Morgan fingerprint density at radius 2 is 1.86 bits per heavy atom. The van der Waals surface area contributed by atoms with Crippen molar-refractivity contribution in [2.24, 2.45) is 5.92 Å². The van der Waals surface area contributed by atoms with Crippen LogP contribution in [-0.4, -0.2) is 50.2 Å². The maximum atomic E-state index is 12.5. The fourth-order valence-electron chi connectivity index (χ4n) is 3.19. The van der Waals surface area contributed by atoms with Gasteiger partial charge in [-0.2, -0.15) is 0 Å². The van der Waals surface area contributed by atoms with E-state index in [2.05, 4.69) is 24.0 Å². The highest BCUT2D eigenvalue weighted by Gasteiger charge is 2.22. The summed E-state index contributed by atoms with van der Waals surface area (Å²) in [6.07, 6.45) is 2.36. The molecule has 4 heteroatoms. The van der Waals surface area contributed by atoms with E-state index in [4.69, 9.17) is 4.74 Å². The van der Waals surface area contributed by atoms with E-state index in [1.807, 2.05) is 17.0 Å². The Morgan fingerprint density at radius 1 is 1.14 bits per heavy atom. The van der Waals surface area contributed by atoms with Gasteiger partial charge in [0.15, 0.2) is 0 Å². The minimum Gasteiger partial charge on any atom is -0.378 e. The highest BCUT2D eigenvalue weighted by atomic mass is 16.5. The number of carbonyl (C=O) groups is 1. The third-order valence-corrected chi connectivity index (χ3v) is 4.43. The van der Waals surface area contributed by atoms with Crippen molar-refractivity contribution < 1.29 is 9.53 Å². The number of likely N-dealkylation sites (tertiary alicyclic amines) is 1. The van der Waals surface area contributed by atoms with Crippen molar-refractivity contribution in [2.45, 2.75) is 19.8 Å². The fraction of sp³-hybridized carbons (Fsp3) is 0.588. The minimum absolute atomic E-state index is 0.176. The molecule has 1 aromatic carbocycles. The van der Waals surface area contributed by atoms with Gasteiger partial charge in [0, 0.05) is 37.4 Å². The normalized spacial score (nSPS) is 23.2. The summed E-state index contributed by atoms with van der Waals surface area (Å²) in [5.41, 5.74) is 1.99. The second-order valence-electron chi connectivity index (χ2n) is 6.14. The van der Waals surface area contributed by atoms with Gasteiger partial charge in [0.25, 0.3) is 5.91 Å². The maximum Gasteiger partial charge on any atom is 0.253 e. The molecule has 4 nitrogen and oxygen atoms in total. The van der Waals surface area contributed by atoms with Crippen LogP contribution >= 0.6 is 0 Å². The van der Waals surface area contributed by atoms with E-state index in [1.54, 1.807) is 0 Å². The third kappa shape index (κ3) is 3.38. The lowest BCUT2D eigenvalue weighted by molar-refractivity contribution is 0.0683. The van der Waals surface area contributed by atoms with E-state index < -0.39 is 0 Å². The van der Waals surface area contributed by atoms with Crippen molar-refractivity contribution in [3.63, 3.8) is 0 Å². The first-order chi connectivity index (χ1) is 10.2. The van der Waals surface area contributed by atoms with Crippen LogP contribution in [0.15, 0.2) is 24.3 Å². The van der Waals surface area contributed by atoms with Crippen LogP contribution in [0.1, 0.15) is 30.1 Å². The van der Waals surface area contributed by atoms with Gasteiger partial charge in [0.2, 0.25) is 0 Å². The van der Waals surface area contributed by atoms with E-state index in [0.29, 0.717) is 5.92 Å². The van der Waals surface area contributed by atoms with E-state index in [9.17, 15) is 4.79 Å². The van der Waals surface area contributed by atoms with Gasteiger partial charge in [-0.25, -0.2) is 0 Å². The second kappa shape index (κ2) is 6.48. The smallest absolute Gasteiger partial charge is 0.253 e. The lowest BCUT2D eigenvalue weighted by Gasteiger charge is -2.31. The third-order valence-electron chi connectivity index (χ3n) is 4.43. The summed E-state index contributed by atoms with van der Waals surface area (Å²) in [4.78, 5) is 16.8. The van der Waals surface area contributed by atoms with Crippen LogP contribution in [0.4, 0.5) is 5.69 Å². The molecule has 21 heavy (non-hydrogen) atoms. The van der Waals surface area contributed by atoms with Crippen LogP contribution < -0.4 is 4.90 Å². The predicted molar refractivity (Wildman–Crippen MR) is 83.8 cm³/mol. The molecule has 0 N–H and O–H groups in total. The van der Waals surface area contributed by atoms with Gasteiger partial charge >= 0.3 is 0 Å². The molecule has 0 aliphatic carbocycles. The topological polar surface area (TPSA) is 32.8 Å². The molecule has 114 valence electrons. The molecule has 1 unspecified atom stereocenters. The number of amides is 1. The van der Waals surface area contributed by atoms with E-state index in [-0.39, 0.29) is 5.91 Å². The highest BCUT2D eigenvalue weighted by Crippen LogP contribution is 2.20. The van der Waals surface area contributed by atoms with Crippen LogP contribution in [0.2, 0.25) is 0 Å². The van der Waals surface area contributed by atoms with Gasteiger partial charge in [0.05, 0.1) is 13.2 Å². The Bertz CT molecular complexity index is 480. The van der Waals surface area contributed by atoms with Gasteiger partial charge in [-0.1, -0.05) is 6.92 Å². The van der Waals surface area contributed by atoms with E-state index in [0.717, 1.165) is 51.4 Å². The van der Waals surface area contributed by atoms with E-state index in [1.165, 1.54) is 12.1 Å². The van der Waals surface area contributed by atoms with Gasteiger partial charge in [-0.05, 0) is 43.0 Å². The van der Waals surface area contributed by atoms with Gasteiger partial charge in [-0.15, -0.1) is 0 Å². The molecule has 0 bridgehead atoms. The zero-order valence-electron chi connectivity index (χ0n) is 12.8. The van der Waals surface area contributed by atoms with Crippen molar-refractivity contribution >= 4 is 11.6 Å². The molecule has 3 rings (SSSR count). The monoisotopic (exact) mass is 288 g/mol. The number of hydrogen-bond donors (Lipinski definition) is 0. The fourth-order valence-corrected chi connectivity index (χ4v) is 3.19. The molecule has 0 radical (unpaired) electrons. The summed E-state index contributed by atoms with van der Waals surface area (Å²) in [6, 6.07) is 8.05. The largest absolute Gasteiger partial charge is 0.378 e. The number of anilines is 1. The van der Waals surface area contributed by atoms with Gasteiger partial charge < -0.3 is 14.5 Å². The zero-order valence-corrected chi connectivity index (χ0v) is 12.8. The molecule has 2 saturated heterocycles. The first-order valence-corrected chi connectivity index (χ1v) is 7.96. The highest BCUT2D eigenvalue weighted by molar-refractivity contribution is 5.94. The van der Waals surface area contributed by atoms with Gasteiger partial charge in [-0.3, -0.25) is 4.79 Å². The molecule has 2 heterocycles. The SMILES string of the molecule is CC1CCCN(C(=O)c2ccc(N3CCOCC3)cc2)C1. The maximum absolute atomic E-state index is 12.5. The van der Waals surface area contributed by atoms with Crippen LogP contribution in [0.25, 0.3) is 0 Å². The Kier molecular flexibility index (Phi) is 4.44. The average molecular weight is 288 g/mol. The Morgan fingerprint density at radius 3 is 2.52 bits per heavy atom. The number of morpholine rings is 1. The number of ether oxygens (including phenoxy) is 1. The first kappa shape index (κ1) is 14.4. The molecule has 0 saturated carbocycles. The van der Waals surface area contributed by atoms with Crippen molar-refractivity contribution in [2.75, 3.05) is 44.3 Å². The lowest BCUT2D eigenvalue weighted by Crippen LogP contribution is -2.39. The number of rotatable bonds is 2. The average Bonchev–Trinajstić information content (AvgIpc) is 2.55. The molecule has 1 atom stereocenters. The Labute approximate surface area is 126 Å². The molecule has 2 aliphatic heterocycles. The number of benzene rings is 1. The summed E-state index contributed by atoms with van der Waals surface area (Å²) in [5, 5.41) is 0. The molecule has 0 aromatic heterocycles. The molecular formula is C17H24N2O2. The van der Waals surface area contributed by atoms with Crippen LogP contribution in [0, 0.1) is 5.92 Å². The summed E-state index contributed by atoms with van der Waals surface area (Å²) in [6.45, 7) is 7.44. The van der Waals surface area contributed by atoms with Crippen LogP contribution in [-0.2, 0) is 4.74 Å². The number of piperidine rings is 1. The van der Waals surface area contributed by atoms with Gasteiger partial charge in [0.1, 0.15) is 0 Å². The number of nitrogens with zero attached hydrogens (tertiary/aromatic N) is 2. The van der Waals surface area contributed by atoms with Crippen molar-refractivity contribution in [1.82, 2.24) is 4.90 Å². The summed E-state index contributed by atoms with van der Waals surface area (Å²) < 4.78 is 5.37. The van der Waals surface area contributed by atoms with E-state index >= 15 is 0 Å². The molecule has 0 spiro atoms. The molecule has 1 amide bonds. The number of hydrogen-bond acceptors (Lipinski definition) is 3. The molecular weight excluding hydrogens is 264 g/mol. The Hall–Kier alpha value is -1.55. The quantitative estimate of drug-likeness (QED) is 0.838. The lowest BCUT2D eigenvalue weighted by atomic mass is 9.99. The molecule has 2 fully saturated rings. The molecule has 2 aliphatic rings.